The zero-order valence-electron chi connectivity index (χ0n) is 22.3. The summed E-state index contributed by atoms with van der Waals surface area (Å²) < 4.78 is 119. The summed E-state index contributed by atoms with van der Waals surface area (Å²) in [4.78, 5) is 0. The lowest BCUT2D eigenvalue weighted by atomic mass is 9.72. The molecule has 0 aromatic carbocycles. The van der Waals surface area contributed by atoms with E-state index in [9.17, 15) is 31.4 Å². The molecule has 1 N–H and O–H groups in total. The molecule has 6 aliphatic rings. The van der Waals surface area contributed by atoms with E-state index in [0.29, 0.717) is 26.1 Å². The summed E-state index contributed by atoms with van der Waals surface area (Å²) in [5.41, 5.74) is -4.06. The maximum absolute atomic E-state index is 14.4. The monoisotopic (exact) mass is 588 g/mol. The fourth-order valence-electron chi connectivity index (χ4n) is 7.80. The third kappa shape index (κ3) is 5.65. The largest absolute Gasteiger partial charge is 0.397 e. The van der Waals surface area contributed by atoms with Crippen LogP contribution in [0, 0.1) is 22.7 Å². The van der Waals surface area contributed by atoms with Crippen molar-refractivity contribution in [1.29, 1.82) is 0 Å². The first kappa shape index (κ1) is 29.4. The molecule has 2 saturated heterocycles. The predicted molar refractivity (Wildman–Crippen MR) is 125 cm³/mol. The third-order valence-corrected chi connectivity index (χ3v) is 10.2. The molecule has 6 fully saturated rings. The van der Waals surface area contributed by atoms with Crippen molar-refractivity contribution in [2.75, 3.05) is 39.6 Å². The molecule has 7 nitrogen and oxygen atoms in total. The number of hydrogen-bond donors (Lipinski definition) is 1. The van der Waals surface area contributed by atoms with Crippen molar-refractivity contribution in [3.8, 4) is 0 Å². The lowest BCUT2D eigenvalue weighted by Gasteiger charge is -2.42. The quantitative estimate of drug-likeness (QED) is 0.271. The van der Waals surface area contributed by atoms with Gasteiger partial charge in [-0.05, 0) is 63.2 Å². The van der Waals surface area contributed by atoms with Crippen molar-refractivity contribution in [1.82, 2.24) is 0 Å². The van der Waals surface area contributed by atoms with E-state index in [2.05, 4.69) is 0 Å². The van der Waals surface area contributed by atoms with E-state index in [1.807, 2.05) is 0 Å². The van der Waals surface area contributed by atoms with E-state index in [1.165, 1.54) is 0 Å². The Balaban J connectivity index is 1.02. The summed E-state index contributed by atoms with van der Waals surface area (Å²) in [6.45, 7) is 0.794. The second-order valence-corrected chi connectivity index (χ2v) is 12.8. The zero-order chi connectivity index (χ0) is 28.3. The highest BCUT2D eigenvalue weighted by molar-refractivity contribution is 5.09. The SMILES string of the molecule is OC(COC1CC2(C(F)(F)F)CC1CCC2OCC1CO1)COC1CCC2CC1(C(F)(F)F)CC2OCC1CO1. The standard InChI is InChI=1S/C27H38F6O7/c28-26(29,30)24-6-16(21(8-24)38-13-18-11-35-18)1-3-22(24)39-10-17(34)9-37-20-7-25(27(31,32)33)5-15(20)2-4-23(25)40-14-19-12-36-19/h15-23,34H,1-14H2. The minimum atomic E-state index is -4.50. The molecule has 40 heavy (non-hydrogen) atoms. The van der Waals surface area contributed by atoms with E-state index in [0.717, 1.165) is 0 Å². The summed E-state index contributed by atoms with van der Waals surface area (Å²) in [6, 6.07) is 0. The predicted octanol–water partition coefficient (Wildman–Crippen LogP) is 4.19. The van der Waals surface area contributed by atoms with Crippen LogP contribution in [0.25, 0.3) is 0 Å². The van der Waals surface area contributed by atoms with Crippen molar-refractivity contribution in [3.63, 3.8) is 0 Å². The maximum Gasteiger partial charge on any atom is 0.397 e. The van der Waals surface area contributed by atoms with Crippen LogP contribution in [0.3, 0.4) is 0 Å². The number of ether oxygens (including phenoxy) is 6. The van der Waals surface area contributed by atoms with Crippen LogP contribution in [0.4, 0.5) is 26.3 Å². The first-order chi connectivity index (χ1) is 18.9. The van der Waals surface area contributed by atoms with Gasteiger partial charge < -0.3 is 33.5 Å². The average Bonchev–Trinajstić information content (AvgIpc) is 3.82. The van der Waals surface area contributed by atoms with Crippen molar-refractivity contribution in [3.05, 3.63) is 0 Å². The summed E-state index contributed by atoms with van der Waals surface area (Å²) in [7, 11) is 0. The van der Waals surface area contributed by atoms with Crippen molar-refractivity contribution in [2.45, 2.75) is 106 Å². The van der Waals surface area contributed by atoms with Crippen LogP contribution in [-0.4, -0.2) is 99.8 Å². The van der Waals surface area contributed by atoms with Gasteiger partial charge >= 0.3 is 12.4 Å². The van der Waals surface area contributed by atoms with Crippen molar-refractivity contribution < 1.29 is 59.9 Å². The van der Waals surface area contributed by atoms with Gasteiger partial charge in [0.15, 0.2) is 0 Å². The number of rotatable bonds is 12. The molecule has 11 atom stereocenters. The number of halogens is 6. The van der Waals surface area contributed by atoms with Gasteiger partial charge in [0, 0.05) is 0 Å². The van der Waals surface area contributed by atoms with Gasteiger partial charge in [-0.1, -0.05) is 0 Å². The minimum Gasteiger partial charge on any atom is -0.388 e. The molecule has 4 aliphatic carbocycles. The average molecular weight is 589 g/mol. The van der Waals surface area contributed by atoms with E-state index in [4.69, 9.17) is 28.4 Å². The smallest absolute Gasteiger partial charge is 0.388 e. The lowest BCUT2D eigenvalue weighted by molar-refractivity contribution is -0.271. The first-order valence-corrected chi connectivity index (χ1v) is 14.4. The van der Waals surface area contributed by atoms with E-state index < -0.39 is 53.7 Å². The molecule has 13 heteroatoms. The van der Waals surface area contributed by atoms with Gasteiger partial charge in [0.1, 0.15) is 18.3 Å². The molecular weight excluding hydrogens is 550 g/mol. The van der Waals surface area contributed by atoms with Crippen molar-refractivity contribution >= 4 is 0 Å². The molecule has 0 aromatic heterocycles. The molecule has 11 unspecified atom stereocenters. The zero-order valence-corrected chi connectivity index (χ0v) is 22.3. The number of aliphatic hydroxyl groups excluding tert-OH is 1. The van der Waals surface area contributed by atoms with Gasteiger partial charge in [-0.25, -0.2) is 0 Å². The van der Waals surface area contributed by atoms with Crippen LogP contribution in [0.2, 0.25) is 0 Å². The molecule has 230 valence electrons. The van der Waals surface area contributed by atoms with Gasteiger partial charge in [-0.3, -0.25) is 0 Å². The number of alkyl halides is 6. The van der Waals surface area contributed by atoms with Crippen LogP contribution >= 0.6 is 0 Å². The molecular formula is C27H38F6O7. The Hall–Kier alpha value is -0.700. The van der Waals surface area contributed by atoms with Crippen LogP contribution in [0.5, 0.6) is 0 Å². The lowest BCUT2D eigenvalue weighted by Crippen LogP contribution is -2.49. The van der Waals surface area contributed by atoms with Gasteiger partial charge in [0.25, 0.3) is 0 Å². The third-order valence-electron chi connectivity index (χ3n) is 10.2. The molecule has 4 saturated carbocycles. The fourth-order valence-corrected chi connectivity index (χ4v) is 7.80. The Kier molecular flexibility index (Phi) is 7.92. The molecule has 2 aliphatic heterocycles. The van der Waals surface area contributed by atoms with Crippen LogP contribution < -0.4 is 0 Å². The summed E-state index contributed by atoms with van der Waals surface area (Å²) in [5, 5.41) is 10.5. The van der Waals surface area contributed by atoms with E-state index in [1.54, 1.807) is 0 Å². The Morgan fingerprint density at radius 3 is 1.60 bits per heavy atom. The summed E-state index contributed by atoms with van der Waals surface area (Å²) >= 11 is 0. The second kappa shape index (κ2) is 10.8. The Labute approximate surface area is 229 Å². The van der Waals surface area contributed by atoms with Crippen molar-refractivity contribution in [2.24, 2.45) is 22.7 Å². The van der Waals surface area contributed by atoms with E-state index in [-0.39, 0.29) is 89.0 Å². The van der Waals surface area contributed by atoms with Crippen LogP contribution in [-0.2, 0) is 28.4 Å². The second-order valence-electron chi connectivity index (χ2n) is 12.8. The number of epoxide rings is 2. The molecule has 2 heterocycles. The first-order valence-electron chi connectivity index (χ1n) is 14.4. The summed E-state index contributed by atoms with van der Waals surface area (Å²) in [5.74, 6) is -0.534. The Morgan fingerprint density at radius 1 is 0.650 bits per heavy atom. The topological polar surface area (TPSA) is 82.2 Å². The number of hydrogen-bond acceptors (Lipinski definition) is 7. The minimum absolute atomic E-state index is 0.0365. The highest BCUT2D eigenvalue weighted by Crippen LogP contribution is 2.62. The highest BCUT2D eigenvalue weighted by Gasteiger charge is 2.68. The Morgan fingerprint density at radius 2 is 1.10 bits per heavy atom. The highest BCUT2D eigenvalue weighted by atomic mass is 19.4. The maximum atomic E-state index is 14.4. The van der Waals surface area contributed by atoms with E-state index >= 15 is 0 Å². The Bertz CT molecular complexity index is 896. The van der Waals surface area contributed by atoms with Gasteiger partial charge in [0.05, 0.1) is 74.9 Å². The van der Waals surface area contributed by atoms with Crippen LogP contribution in [0.15, 0.2) is 0 Å². The number of fused-ring (bicyclic) bond motifs is 4. The molecule has 6 rings (SSSR count). The molecule has 0 spiro atoms. The van der Waals surface area contributed by atoms with Gasteiger partial charge in [0.2, 0.25) is 0 Å². The molecule has 0 radical (unpaired) electrons. The molecule has 0 aromatic rings. The van der Waals surface area contributed by atoms with Gasteiger partial charge in [-0.2, -0.15) is 26.3 Å². The normalized spacial score (nSPS) is 45.1. The fraction of sp³-hybridized carbons (Fsp3) is 1.00. The van der Waals surface area contributed by atoms with Crippen LogP contribution in [0.1, 0.15) is 51.4 Å². The van der Waals surface area contributed by atoms with Gasteiger partial charge in [-0.15, -0.1) is 0 Å². The number of aliphatic hydroxyl groups is 1. The summed E-state index contributed by atoms with van der Waals surface area (Å²) in [6.07, 6.45) is -12.9. The molecule has 4 bridgehead atoms. The molecule has 0 amide bonds.